The van der Waals surface area contributed by atoms with Crippen LogP contribution in [0.25, 0.3) is 16.9 Å². The zero-order chi connectivity index (χ0) is 26.2. The van der Waals surface area contributed by atoms with E-state index < -0.39 is 12.1 Å². The van der Waals surface area contributed by atoms with E-state index in [9.17, 15) is 18.0 Å². The van der Waals surface area contributed by atoms with E-state index in [1.807, 2.05) is 6.92 Å². The molecule has 0 aliphatic carbocycles. The predicted octanol–water partition coefficient (Wildman–Crippen LogP) is 4.35. The number of carbonyl (C=O) groups is 1. The van der Waals surface area contributed by atoms with Crippen LogP contribution >= 0.6 is 0 Å². The van der Waals surface area contributed by atoms with Gasteiger partial charge in [-0.2, -0.15) is 27.9 Å². The number of hydrogen-bond acceptors (Lipinski definition) is 8. The molecule has 0 saturated carbocycles. The number of alkyl halides is 3. The van der Waals surface area contributed by atoms with Gasteiger partial charge < -0.3 is 18.9 Å². The molecule has 0 amide bonds. The largest absolute Gasteiger partial charge is 0.491 e. The third-order valence-electron chi connectivity index (χ3n) is 7.15. The fraction of sp³-hybridized carbons (Fsp3) is 0.600. The van der Waals surface area contributed by atoms with Crippen molar-refractivity contribution >= 4 is 16.9 Å². The molecule has 9 nitrogen and oxygen atoms in total. The summed E-state index contributed by atoms with van der Waals surface area (Å²) in [6.07, 6.45) is -0.674. The Morgan fingerprint density at radius 1 is 1.16 bits per heavy atom. The Morgan fingerprint density at radius 3 is 2.57 bits per heavy atom. The molecule has 2 saturated heterocycles. The molecule has 4 heterocycles. The van der Waals surface area contributed by atoms with E-state index in [1.165, 1.54) is 10.7 Å². The standard InChI is InChI=1S/C25H30F3N5O4/c1-3-18-21-19(12-15(2)13-20(21)36-23(34)25(26,27)28)33(30-18)24-29-22(37-31-24)17-4-8-32(9-5-17)14-16-6-10-35-11-7-16/h12-13,16-17H,3-11,14H2,1-2H3. The monoisotopic (exact) mass is 521 g/mol. The summed E-state index contributed by atoms with van der Waals surface area (Å²) in [5, 5.41) is 8.97. The van der Waals surface area contributed by atoms with E-state index in [0.29, 0.717) is 40.4 Å². The number of piperidine rings is 1. The molecule has 0 spiro atoms. The minimum atomic E-state index is -5.11. The van der Waals surface area contributed by atoms with Crippen LogP contribution in [0.4, 0.5) is 13.2 Å². The molecule has 2 aliphatic rings. The molecule has 2 aliphatic heterocycles. The van der Waals surface area contributed by atoms with Gasteiger partial charge in [-0.25, -0.2) is 4.79 Å². The predicted molar refractivity (Wildman–Crippen MR) is 127 cm³/mol. The summed E-state index contributed by atoms with van der Waals surface area (Å²) >= 11 is 0. The lowest BCUT2D eigenvalue weighted by Crippen LogP contribution is -2.38. The van der Waals surface area contributed by atoms with Crippen LogP contribution in [0.15, 0.2) is 16.7 Å². The summed E-state index contributed by atoms with van der Waals surface area (Å²) < 4.78 is 55.9. The average Bonchev–Trinajstić information content (AvgIpc) is 3.49. The highest BCUT2D eigenvalue weighted by atomic mass is 19.4. The Kier molecular flexibility index (Phi) is 7.21. The van der Waals surface area contributed by atoms with Gasteiger partial charge in [-0.1, -0.05) is 6.92 Å². The molecule has 0 unspecified atom stereocenters. The van der Waals surface area contributed by atoms with E-state index >= 15 is 0 Å². The SMILES string of the molecule is CCc1nn(-c2noc(C3CCN(CC4CCOCC4)CC3)n2)c2cc(C)cc(OC(=O)C(F)(F)F)c12. The van der Waals surface area contributed by atoms with Gasteiger partial charge in [0.15, 0.2) is 0 Å². The Morgan fingerprint density at radius 2 is 1.89 bits per heavy atom. The quantitative estimate of drug-likeness (QED) is 0.349. The number of carbonyl (C=O) groups excluding carboxylic acids is 1. The van der Waals surface area contributed by atoms with Crippen molar-refractivity contribution in [2.45, 2.75) is 58.0 Å². The molecule has 0 radical (unpaired) electrons. The van der Waals surface area contributed by atoms with E-state index in [4.69, 9.17) is 14.0 Å². The van der Waals surface area contributed by atoms with Crippen molar-refractivity contribution < 1.29 is 32.0 Å². The number of benzene rings is 1. The lowest BCUT2D eigenvalue weighted by molar-refractivity contribution is -0.189. The number of rotatable bonds is 6. The molecule has 3 aromatic rings. The first-order chi connectivity index (χ1) is 17.7. The normalized spacial score (nSPS) is 18.5. The van der Waals surface area contributed by atoms with Gasteiger partial charge in [-0.05, 0) is 80.9 Å². The first-order valence-electron chi connectivity index (χ1n) is 12.7. The number of likely N-dealkylation sites (tertiary alicyclic amines) is 1. The molecule has 37 heavy (non-hydrogen) atoms. The summed E-state index contributed by atoms with van der Waals surface area (Å²) in [5.41, 5.74) is 1.51. The molecule has 12 heteroatoms. The van der Waals surface area contributed by atoms with Gasteiger partial charge in [0.25, 0.3) is 5.95 Å². The molecule has 0 N–H and O–H groups in total. The fourth-order valence-corrected chi connectivity index (χ4v) is 5.19. The highest BCUT2D eigenvalue weighted by Crippen LogP contribution is 2.34. The number of ether oxygens (including phenoxy) is 2. The molecule has 0 bridgehead atoms. The lowest BCUT2D eigenvalue weighted by Gasteiger charge is -2.34. The second kappa shape index (κ2) is 10.4. The molecule has 1 aromatic carbocycles. The highest BCUT2D eigenvalue weighted by molar-refractivity contribution is 5.92. The summed E-state index contributed by atoms with van der Waals surface area (Å²) in [6, 6.07) is 3.14. The summed E-state index contributed by atoms with van der Waals surface area (Å²) in [6.45, 7) is 8.21. The van der Waals surface area contributed by atoms with Crippen molar-refractivity contribution in [3.63, 3.8) is 0 Å². The zero-order valence-corrected chi connectivity index (χ0v) is 20.9. The average molecular weight is 522 g/mol. The van der Waals surface area contributed by atoms with Crippen LogP contribution < -0.4 is 4.74 Å². The molecular weight excluding hydrogens is 491 g/mol. The molecule has 2 aromatic heterocycles. The molecular formula is C25H30F3N5O4. The Balaban J connectivity index is 1.35. The van der Waals surface area contributed by atoms with Crippen molar-refractivity contribution in [2.75, 3.05) is 32.8 Å². The summed E-state index contributed by atoms with van der Waals surface area (Å²) in [4.78, 5) is 18.6. The van der Waals surface area contributed by atoms with E-state index in [0.717, 1.165) is 58.5 Å². The Hall–Kier alpha value is -2.99. The van der Waals surface area contributed by atoms with Gasteiger partial charge in [0.2, 0.25) is 5.89 Å². The highest BCUT2D eigenvalue weighted by Gasteiger charge is 2.42. The number of esters is 1. The van der Waals surface area contributed by atoms with Gasteiger partial charge in [-0.15, -0.1) is 0 Å². The number of aryl methyl sites for hydroxylation is 2. The maximum Gasteiger partial charge on any atom is 0.491 e. The Bertz CT molecular complexity index is 1260. The first-order valence-corrected chi connectivity index (χ1v) is 12.7. The maximum absolute atomic E-state index is 12.9. The number of fused-ring (bicyclic) bond motifs is 1. The van der Waals surface area contributed by atoms with Crippen LogP contribution in [-0.4, -0.2) is 69.8 Å². The van der Waals surface area contributed by atoms with Gasteiger partial charge in [0.05, 0.1) is 16.6 Å². The zero-order valence-electron chi connectivity index (χ0n) is 20.9. The van der Waals surface area contributed by atoms with Gasteiger partial charge in [0, 0.05) is 25.7 Å². The van der Waals surface area contributed by atoms with E-state index in [1.54, 1.807) is 13.0 Å². The van der Waals surface area contributed by atoms with Crippen LogP contribution in [0.2, 0.25) is 0 Å². The van der Waals surface area contributed by atoms with E-state index in [-0.39, 0.29) is 17.6 Å². The maximum atomic E-state index is 12.9. The lowest BCUT2D eigenvalue weighted by atomic mass is 9.94. The van der Waals surface area contributed by atoms with Crippen molar-refractivity contribution in [1.29, 1.82) is 0 Å². The second-order valence-electron chi connectivity index (χ2n) is 9.82. The minimum absolute atomic E-state index is 0.129. The third kappa shape index (κ3) is 5.49. The number of nitrogens with zero attached hydrogens (tertiary/aromatic N) is 5. The minimum Gasteiger partial charge on any atom is -0.419 e. The van der Waals surface area contributed by atoms with Crippen molar-refractivity contribution in [3.8, 4) is 11.7 Å². The van der Waals surface area contributed by atoms with Crippen LogP contribution in [0.5, 0.6) is 5.75 Å². The summed E-state index contributed by atoms with van der Waals surface area (Å²) in [7, 11) is 0. The molecule has 200 valence electrons. The number of halogens is 3. The van der Waals surface area contributed by atoms with Crippen molar-refractivity contribution in [1.82, 2.24) is 24.8 Å². The van der Waals surface area contributed by atoms with E-state index in [2.05, 4.69) is 20.1 Å². The number of aromatic nitrogens is 4. The Labute approximate surface area is 211 Å². The van der Waals surface area contributed by atoms with Crippen LogP contribution in [0, 0.1) is 12.8 Å². The van der Waals surface area contributed by atoms with Crippen LogP contribution in [0.1, 0.15) is 55.7 Å². The second-order valence-corrected chi connectivity index (χ2v) is 9.82. The topological polar surface area (TPSA) is 95.5 Å². The van der Waals surface area contributed by atoms with Crippen molar-refractivity contribution in [3.05, 3.63) is 29.3 Å². The fourth-order valence-electron chi connectivity index (χ4n) is 5.19. The van der Waals surface area contributed by atoms with Gasteiger partial charge in [0.1, 0.15) is 5.75 Å². The summed E-state index contributed by atoms with van der Waals surface area (Å²) in [5.74, 6) is -0.934. The molecule has 0 atom stereocenters. The smallest absolute Gasteiger partial charge is 0.419 e. The first kappa shape index (κ1) is 25.7. The molecule has 2 fully saturated rings. The number of hydrogen-bond donors (Lipinski definition) is 0. The van der Waals surface area contributed by atoms with Gasteiger partial charge >= 0.3 is 12.1 Å². The van der Waals surface area contributed by atoms with Crippen LogP contribution in [-0.2, 0) is 16.0 Å². The van der Waals surface area contributed by atoms with Crippen molar-refractivity contribution in [2.24, 2.45) is 5.92 Å². The third-order valence-corrected chi connectivity index (χ3v) is 7.15. The molecule has 5 rings (SSSR count). The van der Waals surface area contributed by atoms with Crippen LogP contribution in [0.3, 0.4) is 0 Å². The van der Waals surface area contributed by atoms with Gasteiger partial charge in [-0.3, -0.25) is 0 Å².